The van der Waals surface area contributed by atoms with Gasteiger partial charge in [-0.1, -0.05) is 102 Å². The minimum absolute atomic E-state index is 0.0619. The summed E-state index contributed by atoms with van der Waals surface area (Å²) in [7, 11) is -7.53. The smallest absolute Gasteiger partial charge is 0.454 e. The van der Waals surface area contributed by atoms with E-state index < -0.39 is 58.2 Å². The summed E-state index contributed by atoms with van der Waals surface area (Å²) in [5.74, 6) is -0.615. The van der Waals surface area contributed by atoms with Gasteiger partial charge in [-0.25, -0.2) is 4.57 Å². The average molecular weight is 681 g/mol. The summed E-state index contributed by atoms with van der Waals surface area (Å²) in [4.78, 5) is 33.1. The van der Waals surface area contributed by atoms with Gasteiger partial charge in [0.15, 0.2) is 14.4 Å². The molecule has 0 aromatic heterocycles. The Morgan fingerprint density at radius 3 is 1.67 bits per heavy atom. The number of hydrogen-bond donors (Lipinski definition) is 2. The number of carbonyl (C=O) groups excluding carboxylic acids is 1. The van der Waals surface area contributed by atoms with E-state index in [1.807, 2.05) is 60.7 Å². The van der Waals surface area contributed by atoms with Gasteiger partial charge in [0, 0.05) is 0 Å². The van der Waals surface area contributed by atoms with Gasteiger partial charge < -0.3 is 33.2 Å². The molecule has 2 aromatic rings. The highest BCUT2D eigenvalue weighted by atomic mass is 31.2. The topological polar surface area (TPSA) is 130 Å². The lowest BCUT2D eigenvalue weighted by Gasteiger charge is -2.48. The Morgan fingerprint density at radius 2 is 1.26 bits per heavy atom. The highest BCUT2D eigenvalue weighted by Gasteiger charge is 2.54. The third kappa shape index (κ3) is 10.3. The minimum atomic E-state index is -5.11. The van der Waals surface area contributed by atoms with Crippen molar-refractivity contribution in [1.29, 1.82) is 0 Å². The molecule has 1 unspecified atom stereocenters. The first-order valence-electron chi connectivity index (χ1n) is 16.0. The van der Waals surface area contributed by atoms with Gasteiger partial charge in [-0.3, -0.25) is 9.32 Å². The molecular weight excluding hydrogens is 627 g/mol. The Labute approximate surface area is 275 Å². The second-order valence-corrected chi connectivity index (χ2v) is 20.6. The number of ether oxygens (including phenoxy) is 4. The van der Waals surface area contributed by atoms with Crippen LogP contribution in [0.15, 0.2) is 60.7 Å². The van der Waals surface area contributed by atoms with E-state index in [2.05, 4.69) is 41.5 Å². The fraction of sp³-hybridized carbons (Fsp3) is 0.618. The van der Waals surface area contributed by atoms with Crippen LogP contribution in [0.4, 0.5) is 0 Å². The maximum Gasteiger partial charge on any atom is 0.472 e. The van der Waals surface area contributed by atoms with Crippen molar-refractivity contribution in [2.45, 2.75) is 123 Å². The van der Waals surface area contributed by atoms with Crippen molar-refractivity contribution in [3.8, 4) is 0 Å². The van der Waals surface area contributed by atoms with Crippen LogP contribution in [0.5, 0.6) is 0 Å². The van der Waals surface area contributed by atoms with Crippen LogP contribution in [0.1, 0.15) is 73.4 Å². The van der Waals surface area contributed by atoms with E-state index in [0.717, 1.165) is 11.1 Å². The SMILES string of the molecule is CC(C)[Si](OC[C@H]1OC(OP(=O)(O)O)[C@H](OC(=O)C(C)(C)C)[C@@H](OCc2ccccc2)[C@@H]1OCc1ccccc1)(C(C)C)C(C)C. The molecule has 0 amide bonds. The molecule has 46 heavy (non-hydrogen) atoms. The van der Waals surface area contributed by atoms with Crippen molar-refractivity contribution in [3.63, 3.8) is 0 Å². The fourth-order valence-corrected chi connectivity index (χ4v) is 12.2. The first kappa shape index (κ1) is 38.5. The van der Waals surface area contributed by atoms with E-state index in [1.165, 1.54) is 0 Å². The molecule has 1 heterocycles. The van der Waals surface area contributed by atoms with Gasteiger partial charge in [-0.15, -0.1) is 0 Å². The number of hydrogen-bond acceptors (Lipinski definition) is 8. The van der Waals surface area contributed by atoms with Crippen LogP contribution in [0.25, 0.3) is 0 Å². The molecule has 0 bridgehead atoms. The number of phosphoric acid groups is 1. The van der Waals surface area contributed by atoms with E-state index in [4.69, 9.17) is 27.9 Å². The van der Waals surface area contributed by atoms with Crippen LogP contribution in [-0.4, -0.2) is 61.4 Å². The van der Waals surface area contributed by atoms with Crippen molar-refractivity contribution in [2.24, 2.45) is 5.41 Å². The maximum absolute atomic E-state index is 13.3. The molecule has 1 aliphatic heterocycles. The molecule has 0 radical (unpaired) electrons. The summed E-state index contributed by atoms with van der Waals surface area (Å²) in [6.07, 6.45) is -5.82. The molecule has 5 atom stereocenters. The lowest BCUT2D eigenvalue weighted by atomic mass is 9.95. The van der Waals surface area contributed by atoms with E-state index in [-0.39, 0.29) is 36.4 Å². The largest absolute Gasteiger partial charge is 0.472 e. The quantitative estimate of drug-likeness (QED) is 0.114. The summed E-state index contributed by atoms with van der Waals surface area (Å²) in [5, 5.41) is 0. The Morgan fingerprint density at radius 1 is 0.804 bits per heavy atom. The van der Waals surface area contributed by atoms with Crippen LogP contribution in [0.2, 0.25) is 16.6 Å². The van der Waals surface area contributed by atoms with Gasteiger partial charge in [0.05, 0.1) is 25.2 Å². The van der Waals surface area contributed by atoms with E-state index >= 15 is 0 Å². The van der Waals surface area contributed by atoms with Gasteiger partial charge in [-0.2, -0.15) is 0 Å². The highest BCUT2D eigenvalue weighted by Crippen LogP contribution is 2.45. The Bertz CT molecular complexity index is 1240. The Balaban J connectivity index is 2.11. The second kappa shape index (κ2) is 16.5. The zero-order chi connectivity index (χ0) is 34.3. The van der Waals surface area contributed by atoms with Gasteiger partial charge >= 0.3 is 13.8 Å². The molecule has 1 aliphatic rings. The maximum atomic E-state index is 13.3. The number of esters is 1. The zero-order valence-corrected chi connectivity index (χ0v) is 30.5. The molecule has 2 N–H and O–H groups in total. The second-order valence-electron chi connectivity index (χ2n) is 13.9. The van der Waals surface area contributed by atoms with Crippen LogP contribution in [-0.2, 0) is 50.5 Å². The third-order valence-corrected chi connectivity index (χ3v) is 15.0. The van der Waals surface area contributed by atoms with Crippen LogP contribution < -0.4 is 0 Å². The van der Waals surface area contributed by atoms with Gasteiger partial charge in [0.25, 0.3) is 0 Å². The molecule has 10 nitrogen and oxygen atoms in total. The summed E-state index contributed by atoms with van der Waals surface area (Å²) in [5.41, 5.74) is 1.63. The summed E-state index contributed by atoms with van der Waals surface area (Å²) >= 11 is 0. The molecule has 1 fully saturated rings. The Kier molecular flexibility index (Phi) is 13.8. The van der Waals surface area contributed by atoms with Crippen LogP contribution in [0, 0.1) is 5.41 Å². The van der Waals surface area contributed by atoms with Crippen molar-refractivity contribution in [3.05, 3.63) is 71.8 Å². The van der Waals surface area contributed by atoms with Crippen molar-refractivity contribution >= 4 is 22.1 Å². The average Bonchev–Trinajstić information content (AvgIpc) is 2.96. The molecule has 258 valence electrons. The summed E-state index contributed by atoms with van der Waals surface area (Å²) < 4.78 is 49.6. The van der Waals surface area contributed by atoms with E-state index in [0.29, 0.717) is 0 Å². The van der Waals surface area contributed by atoms with Crippen molar-refractivity contribution in [2.75, 3.05) is 6.61 Å². The standard InChI is InChI=1S/C34H53O10PSi/c1-23(2)46(24(3)4,25(5)6)41-22-28-29(39-20-26-16-12-10-13-17-26)30(40-21-27-18-14-11-15-19-27)31(43-33(35)34(7,8)9)32(42-28)44-45(36,37)38/h10-19,23-25,28-32H,20-22H2,1-9H3,(H2,36,37,38)/t28-,29-,30+,31-,32?/m1/s1. The van der Waals surface area contributed by atoms with E-state index in [9.17, 15) is 19.1 Å². The normalized spacial score (nSPS) is 22.9. The van der Waals surface area contributed by atoms with E-state index in [1.54, 1.807) is 20.8 Å². The minimum Gasteiger partial charge on any atom is -0.454 e. The van der Waals surface area contributed by atoms with Crippen LogP contribution in [0.3, 0.4) is 0 Å². The number of rotatable bonds is 15. The number of benzene rings is 2. The lowest BCUT2D eigenvalue weighted by molar-refractivity contribution is -0.304. The molecule has 12 heteroatoms. The molecular formula is C34H53O10PSi. The number of carbonyl (C=O) groups is 1. The summed E-state index contributed by atoms with van der Waals surface area (Å²) in [6.45, 7) is 18.4. The first-order chi connectivity index (χ1) is 21.5. The molecule has 2 aromatic carbocycles. The third-order valence-electron chi connectivity index (χ3n) is 8.46. The zero-order valence-electron chi connectivity index (χ0n) is 28.6. The summed E-state index contributed by atoms with van der Waals surface area (Å²) in [6, 6.07) is 19.0. The van der Waals surface area contributed by atoms with Crippen molar-refractivity contribution in [1.82, 2.24) is 0 Å². The number of phosphoric ester groups is 1. The Hall–Kier alpha value is -1.92. The molecule has 0 saturated carbocycles. The molecule has 1 saturated heterocycles. The van der Waals surface area contributed by atoms with Gasteiger partial charge in [0.1, 0.15) is 18.3 Å². The molecule has 0 aliphatic carbocycles. The molecule has 3 rings (SSSR count). The van der Waals surface area contributed by atoms with Gasteiger partial charge in [-0.05, 0) is 48.5 Å². The fourth-order valence-electron chi connectivity index (χ4n) is 6.31. The lowest BCUT2D eigenvalue weighted by Crippen LogP contribution is -2.63. The van der Waals surface area contributed by atoms with Crippen molar-refractivity contribution < 1.29 is 47.0 Å². The van der Waals surface area contributed by atoms with Crippen LogP contribution >= 0.6 is 7.82 Å². The van der Waals surface area contributed by atoms with Gasteiger partial charge in [0.2, 0.25) is 6.29 Å². The highest BCUT2D eigenvalue weighted by molar-refractivity contribution is 7.46. The first-order valence-corrected chi connectivity index (χ1v) is 19.7. The molecule has 0 spiro atoms. The predicted molar refractivity (Wildman–Crippen MR) is 178 cm³/mol. The monoisotopic (exact) mass is 680 g/mol. The predicted octanol–water partition coefficient (Wildman–Crippen LogP) is 7.14.